The molecule has 1 rings (SSSR count). The second-order valence-electron chi connectivity index (χ2n) is 2.52. The van der Waals surface area contributed by atoms with Gasteiger partial charge in [-0.15, -0.1) is 12.6 Å². The van der Waals surface area contributed by atoms with Crippen LogP contribution in [0.3, 0.4) is 0 Å². The maximum atomic E-state index is 10.6. The highest BCUT2D eigenvalue weighted by Gasteiger charge is 1.96. The van der Waals surface area contributed by atoms with Crippen LogP contribution in [0.5, 0.6) is 0 Å². The fraction of sp³-hybridized carbons (Fsp3) is 0.100. The van der Waals surface area contributed by atoms with Gasteiger partial charge in [0.25, 0.3) is 0 Å². The SMILES string of the molecule is C=Cc1ccc(CC(=O)S)cc1. The van der Waals surface area contributed by atoms with Crippen molar-refractivity contribution in [2.24, 2.45) is 0 Å². The maximum Gasteiger partial charge on any atom is 0.190 e. The summed E-state index contributed by atoms with van der Waals surface area (Å²) in [6.07, 6.45) is 2.16. The first-order valence-electron chi connectivity index (χ1n) is 3.65. The molecule has 0 saturated heterocycles. The molecule has 0 radical (unpaired) electrons. The molecular weight excluding hydrogens is 168 g/mol. The molecule has 0 spiro atoms. The number of hydrogen-bond donors (Lipinski definition) is 1. The van der Waals surface area contributed by atoms with Crippen LogP contribution in [0.25, 0.3) is 6.08 Å². The van der Waals surface area contributed by atoms with Crippen molar-refractivity contribution in [1.29, 1.82) is 0 Å². The average Bonchev–Trinajstić information content (AvgIpc) is 2.05. The van der Waals surface area contributed by atoms with Crippen LogP contribution in [0.2, 0.25) is 0 Å². The van der Waals surface area contributed by atoms with Gasteiger partial charge in [0.1, 0.15) is 0 Å². The molecule has 0 fully saturated rings. The summed E-state index contributed by atoms with van der Waals surface area (Å²) in [5.41, 5.74) is 2.05. The second kappa shape index (κ2) is 4.12. The molecule has 0 aliphatic carbocycles. The van der Waals surface area contributed by atoms with E-state index in [4.69, 9.17) is 0 Å². The van der Waals surface area contributed by atoms with E-state index >= 15 is 0 Å². The number of carbonyl (C=O) groups excluding carboxylic acids is 1. The van der Waals surface area contributed by atoms with Gasteiger partial charge in [-0.2, -0.15) is 0 Å². The van der Waals surface area contributed by atoms with Gasteiger partial charge >= 0.3 is 0 Å². The van der Waals surface area contributed by atoms with Crippen LogP contribution in [0.15, 0.2) is 30.8 Å². The minimum absolute atomic E-state index is 0.110. The summed E-state index contributed by atoms with van der Waals surface area (Å²) in [5.74, 6) is 0. The lowest BCUT2D eigenvalue weighted by atomic mass is 10.1. The number of carbonyl (C=O) groups is 1. The highest BCUT2D eigenvalue weighted by atomic mass is 32.1. The Balaban J connectivity index is 2.77. The van der Waals surface area contributed by atoms with Gasteiger partial charge in [-0.3, -0.25) is 4.79 Å². The molecule has 0 bridgehead atoms. The van der Waals surface area contributed by atoms with Gasteiger partial charge in [0.05, 0.1) is 0 Å². The van der Waals surface area contributed by atoms with Gasteiger partial charge < -0.3 is 0 Å². The van der Waals surface area contributed by atoms with E-state index in [1.165, 1.54) is 0 Å². The minimum atomic E-state index is -0.110. The van der Waals surface area contributed by atoms with E-state index in [-0.39, 0.29) is 5.12 Å². The van der Waals surface area contributed by atoms with Crippen LogP contribution in [0, 0.1) is 0 Å². The van der Waals surface area contributed by atoms with Crippen molar-refractivity contribution in [1.82, 2.24) is 0 Å². The van der Waals surface area contributed by atoms with Crippen LogP contribution in [-0.4, -0.2) is 5.12 Å². The lowest BCUT2D eigenvalue weighted by Crippen LogP contribution is -1.92. The van der Waals surface area contributed by atoms with Crippen molar-refractivity contribution in [3.05, 3.63) is 42.0 Å². The summed E-state index contributed by atoms with van der Waals surface area (Å²) in [7, 11) is 0. The molecule has 62 valence electrons. The summed E-state index contributed by atoms with van der Waals surface area (Å²) in [5, 5.41) is -0.110. The molecule has 1 aromatic rings. The van der Waals surface area contributed by atoms with Crippen molar-refractivity contribution in [3.8, 4) is 0 Å². The van der Waals surface area contributed by atoms with E-state index < -0.39 is 0 Å². The van der Waals surface area contributed by atoms with E-state index in [2.05, 4.69) is 19.2 Å². The minimum Gasteiger partial charge on any atom is -0.287 e. The quantitative estimate of drug-likeness (QED) is 0.703. The molecule has 0 aliphatic heterocycles. The third kappa shape index (κ3) is 2.55. The molecule has 0 atom stereocenters. The smallest absolute Gasteiger partial charge is 0.190 e. The van der Waals surface area contributed by atoms with Crippen molar-refractivity contribution in [3.63, 3.8) is 0 Å². The monoisotopic (exact) mass is 178 g/mol. The van der Waals surface area contributed by atoms with Gasteiger partial charge in [0, 0.05) is 6.42 Å². The summed E-state index contributed by atoms with van der Waals surface area (Å²) in [4.78, 5) is 10.6. The van der Waals surface area contributed by atoms with Crippen molar-refractivity contribution in [2.45, 2.75) is 6.42 Å². The van der Waals surface area contributed by atoms with Gasteiger partial charge in [-0.25, -0.2) is 0 Å². The third-order valence-electron chi connectivity index (χ3n) is 1.57. The summed E-state index contributed by atoms with van der Waals surface area (Å²) in [6, 6.07) is 7.67. The molecule has 0 N–H and O–H groups in total. The van der Waals surface area contributed by atoms with E-state index in [0.29, 0.717) is 6.42 Å². The van der Waals surface area contributed by atoms with Gasteiger partial charge in [-0.1, -0.05) is 36.9 Å². The van der Waals surface area contributed by atoms with E-state index in [1.54, 1.807) is 6.08 Å². The first-order valence-corrected chi connectivity index (χ1v) is 4.10. The summed E-state index contributed by atoms with van der Waals surface area (Å²) >= 11 is 3.70. The molecule has 0 aromatic heterocycles. The fourth-order valence-corrected chi connectivity index (χ4v) is 1.13. The van der Waals surface area contributed by atoms with E-state index in [1.807, 2.05) is 24.3 Å². The topological polar surface area (TPSA) is 17.1 Å². The molecule has 0 aliphatic rings. The van der Waals surface area contributed by atoms with Gasteiger partial charge in [0.15, 0.2) is 5.12 Å². The van der Waals surface area contributed by atoms with Crippen LogP contribution in [-0.2, 0) is 11.2 Å². The molecule has 0 heterocycles. The predicted molar refractivity (Wildman–Crippen MR) is 54.2 cm³/mol. The normalized spacial score (nSPS) is 9.42. The molecule has 0 amide bonds. The van der Waals surface area contributed by atoms with Crippen molar-refractivity contribution < 1.29 is 4.79 Å². The second-order valence-corrected chi connectivity index (χ2v) is 3.02. The van der Waals surface area contributed by atoms with Crippen molar-refractivity contribution >= 4 is 23.8 Å². The Kier molecular flexibility index (Phi) is 3.11. The van der Waals surface area contributed by atoms with Gasteiger partial charge in [-0.05, 0) is 11.1 Å². The number of benzene rings is 1. The Bertz CT molecular complexity index is 287. The van der Waals surface area contributed by atoms with Crippen LogP contribution < -0.4 is 0 Å². The Labute approximate surface area is 77.5 Å². The molecule has 2 heteroatoms. The Morgan fingerprint density at radius 3 is 2.42 bits per heavy atom. The van der Waals surface area contributed by atoms with Crippen molar-refractivity contribution in [2.75, 3.05) is 0 Å². The van der Waals surface area contributed by atoms with E-state index in [0.717, 1.165) is 11.1 Å². The zero-order chi connectivity index (χ0) is 8.97. The summed E-state index contributed by atoms with van der Waals surface area (Å²) in [6.45, 7) is 3.64. The summed E-state index contributed by atoms with van der Waals surface area (Å²) < 4.78 is 0. The first-order chi connectivity index (χ1) is 5.72. The highest BCUT2D eigenvalue weighted by Crippen LogP contribution is 2.06. The Morgan fingerprint density at radius 1 is 1.42 bits per heavy atom. The largest absolute Gasteiger partial charge is 0.287 e. The molecule has 1 nitrogen and oxygen atoms in total. The Hall–Kier alpha value is -1.02. The zero-order valence-electron chi connectivity index (χ0n) is 6.66. The maximum absolute atomic E-state index is 10.6. The van der Waals surface area contributed by atoms with Crippen LogP contribution in [0.4, 0.5) is 0 Å². The van der Waals surface area contributed by atoms with Gasteiger partial charge in [0.2, 0.25) is 0 Å². The molecule has 12 heavy (non-hydrogen) atoms. The molecular formula is C10H10OS. The predicted octanol–water partition coefficient (Wildman–Crippen LogP) is 2.33. The molecule has 0 saturated carbocycles. The first kappa shape index (κ1) is 9.07. The lowest BCUT2D eigenvalue weighted by Gasteiger charge is -1.97. The third-order valence-corrected chi connectivity index (χ3v) is 1.73. The van der Waals surface area contributed by atoms with Crippen LogP contribution in [0.1, 0.15) is 11.1 Å². The van der Waals surface area contributed by atoms with E-state index in [9.17, 15) is 4.79 Å². The molecule has 0 unspecified atom stereocenters. The fourth-order valence-electron chi connectivity index (χ4n) is 0.946. The standard InChI is InChI=1S/C10H10OS/c1-2-8-3-5-9(6-4-8)7-10(11)12/h2-6H,1,7H2,(H,11,12). The molecule has 1 aromatic carbocycles. The number of thiol groups is 1. The lowest BCUT2D eigenvalue weighted by molar-refractivity contribution is -0.110. The zero-order valence-corrected chi connectivity index (χ0v) is 7.55. The van der Waals surface area contributed by atoms with Crippen LogP contribution >= 0.6 is 12.6 Å². The Morgan fingerprint density at radius 2 is 2.00 bits per heavy atom. The average molecular weight is 178 g/mol. The highest BCUT2D eigenvalue weighted by molar-refractivity contribution is 7.96. The number of hydrogen-bond acceptors (Lipinski definition) is 1. The number of rotatable bonds is 3.